The standard InChI is InChI=1S/C26H25ClN2OS/c1-18-7-10-21(15-19(18)2)26(30)28-13-14-29-16-25(23-5-3-4-6-24(23)29)31-17-20-8-11-22(27)12-9-20/h3-12,15-16H,13-14,17H2,1-2H3,(H,28,30). The number of carbonyl (C=O) groups is 1. The number of para-hydroxylation sites is 1. The molecule has 0 unspecified atom stereocenters. The summed E-state index contributed by atoms with van der Waals surface area (Å²) in [5.74, 6) is 0.853. The Bertz CT molecular complexity index is 1210. The van der Waals surface area contributed by atoms with Crippen LogP contribution in [0.2, 0.25) is 5.02 Å². The van der Waals surface area contributed by atoms with E-state index in [1.165, 1.54) is 26.9 Å². The van der Waals surface area contributed by atoms with Crippen molar-refractivity contribution in [3.8, 4) is 0 Å². The molecule has 1 aromatic heterocycles. The highest BCUT2D eigenvalue weighted by atomic mass is 35.5. The fraction of sp³-hybridized carbons (Fsp3) is 0.192. The first-order valence-corrected chi connectivity index (χ1v) is 11.7. The Morgan fingerprint density at radius 3 is 2.55 bits per heavy atom. The first-order valence-electron chi connectivity index (χ1n) is 10.3. The zero-order chi connectivity index (χ0) is 21.8. The quantitative estimate of drug-likeness (QED) is 0.322. The molecule has 31 heavy (non-hydrogen) atoms. The molecule has 4 aromatic rings. The maximum atomic E-state index is 12.5. The lowest BCUT2D eigenvalue weighted by molar-refractivity contribution is 0.0952. The highest BCUT2D eigenvalue weighted by Gasteiger charge is 2.10. The predicted octanol–water partition coefficient (Wildman–Crippen LogP) is 6.63. The van der Waals surface area contributed by atoms with Crippen LogP contribution in [0.4, 0.5) is 0 Å². The van der Waals surface area contributed by atoms with Crippen molar-refractivity contribution < 1.29 is 4.79 Å². The molecule has 158 valence electrons. The van der Waals surface area contributed by atoms with E-state index in [0.717, 1.165) is 22.9 Å². The molecular formula is C26H25ClN2OS. The highest BCUT2D eigenvalue weighted by Crippen LogP contribution is 2.32. The van der Waals surface area contributed by atoms with Gasteiger partial charge < -0.3 is 9.88 Å². The minimum Gasteiger partial charge on any atom is -0.350 e. The van der Waals surface area contributed by atoms with Gasteiger partial charge in [0.05, 0.1) is 0 Å². The van der Waals surface area contributed by atoms with Gasteiger partial charge in [0.1, 0.15) is 0 Å². The Balaban J connectivity index is 1.43. The van der Waals surface area contributed by atoms with E-state index < -0.39 is 0 Å². The molecule has 1 heterocycles. The molecule has 1 amide bonds. The number of aryl methyl sites for hydroxylation is 2. The van der Waals surface area contributed by atoms with Crippen LogP contribution in [0, 0.1) is 13.8 Å². The molecule has 0 aliphatic carbocycles. The van der Waals surface area contributed by atoms with Crippen LogP contribution in [0.25, 0.3) is 10.9 Å². The third-order valence-electron chi connectivity index (χ3n) is 5.47. The fourth-order valence-electron chi connectivity index (χ4n) is 3.53. The van der Waals surface area contributed by atoms with Gasteiger partial charge in [0.15, 0.2) is 0 Å². The molecule has 5 heteroatoms. The molecule has 0 aliphatic rings. The molecule has 0 aliphatic heterocycles. The summed E-state index contributed by atoms with van der Waals surface area (Å²) in [5.41, 5.74) is 5.46. The second-order valence-electron chi connectivity index (χ2n) is 7.67. The van der Waals surface area contributed by atoms with Crippen molar-refractivity contribution in [1.29, 1.82) is 0 Å². The first kappa shape index (κ1) is 21.5. The molecule has 0 spiro atoms. The van der Waals surface area contributed by atoms with Gasteiger partial charge in [-0.05, 0) is 60.9 Å². The fourth-order valence-corrected chi connectivity index (χ4v) is 4.70. The number of fused-ring (bicyclic) bond motifs is 1. The molecule has 1 N–H and O–H groups in total. The number of thioether (sulfide) groups is 1. The Morgan fingerprint density at radius 2 is 1.77 bits per heavy atom. The summed E-state index contributed by atoms with van der Waals surface area (Å²) in [6, 6.07) is 22.2. The molecule has 0 radical (unpaired) electrons. The van der Waals surface area contributed by atoms with Crippen LogP contribution in [0.1, 0.15) is 27.0 Å². The van der Waals surface area contributed by atoms with E-state index in [-0.39, 0.29) is 5.91 Å². The molecule has 4 rings (SSSR count). The third kappa shape index (κ3) is 5.15. The van der Waals surface area contributed by atoms with Crippen molar-refractivity contribution in [2.45, 2.75) is 31.0 Å². The van der Waals surface area contributed by atoms with Gasteiger partial charge in [-0.15, -0.1) is 11.8 Å². The Labute approximate surface area is 192 Å². The lowest BCUT2D eigenvalue weighted by Gasteiger charge is -2.09. The summed E-state index contributed by atoms with van der Waals surface area (Å²) in [7, 11) is 0. The molecule has 0 atom stereocenters. The van der Waals surface area contributed by atoms with E-state index in [1.54, 1.807) is 0 Å². The van der Waals surface area contributed by atoms with Gasteiger partial charge in [0, 0.05) is 51.4 Å². The van der Waals surface area contributed by atoms with Gasteiger partial charge >= 0.3 is 0 Å². The molecule has 3 nitrogen and oxygen atoms in total. The zero-order valence-electron chi connectivity index (χ0n) is 17.7. The normalized spacial score (nSPS) is 11.1. The molecule has 3 aromatic carbocycles. The largest absolute Gasteiger partial charge is 0.350 e. The van der Waals surface area contributed by atoms with Crippen molar-refractivity contribution in [3.63, 3.8) is 0 Å². The second-order valence-corrected chi connectivity index (χ2v) is 9.13. The number of nitrogens with zero attached hydrogens (tertiary/aromatic N) is 1. The van der Waals surface area contributed by atoms with Crippen molar-refractivity contribution in [2.24, 2.45) is 0 Å². The number of hydrogen-bond acceptors (Lipinski definition) is 2. The average Bonchev–Trinajstić information content (AvgIpc) is 3.13. The van der Waals surface area contributed by atoms with Crippen molar-refractivity contribution in [3.05, 3.63) is 100 Å². The summed E-state index contributed by atoms with van der Waals surface area (Å²) in [5, 5.41) is 5.05. The van der Waals surface area contributed by atoms with Crippen LogP contribution in [0.3, 0.4) is 0 Å². The lowest BCUT2D eigenvalue weighted by atomic mass is 10.1. The first-order chi connectivity index (χ1) is 15.0. The minimum absolute atomic E-state index is 0.0306. The smallest absolute Gasteiger partial charge is 0.251 e. The number of hydrogen-bond donors (Lipinski definition) is 1. The predicted molar refractivity (Wildman–Crippen MR) is 131 cm³/mol. The molecule has 0 saturated carbocycles. The number of rotatable bonds is 7. The number of amides is 1. The van der Waals surface area contributed by atoms with Crippen molar-refractivity contribution >= 4 is 40.2 Å². The highest BCUT2D eigenvalue weighted by molar-refractivity contribution is 7.98. The van der Waals surface area contributed by atoms with E-state index in [9.17, 15) is 4.79 Å². The van der Waals surface area contributed by atoms with Gasteiger partial charge in [-0.1, -0.05) is 48.0 Å². The number of nitrogens with one attached hydrogen (secondary N) is 1. The van der Waals surface area contributed by atoms with E-state index in [4.69, 9.17) is 11.6 Å². The third-order valence-corrected chi connectivity index (χ3v) is 6.83. The van der Waals surface area contributed by atoms with Gasteiger partial charge in [0.25, 0.3) is 5.91 Å². The summed E-state index contributed by atoms with van der Waals surface area (Å²) < 4.78 is 2.22. The van der Waals surface area contributed by atoms with E-state index in [2.05, 4.69) is 59.4 Å². The maximum Gasteiger partial charge on any atom is 0.251 e. The number of aromatic nitrogens is 1. The summed E-state index contributed by atoms with van der Waals surface area (Å²) in [6.07, 6.45) is 2.19. The van der Waals surface area contributed by atoms with E-state index in [1.807, 2.05) is 49.0 Å². The van der Waals surface area contributed by atoms with Crippen molar-refractivity contribution in [2.75, 3.05) is 6.54 Å². The summed E-state index contributed by atoms with van der Waals surface area (Å²) >= 11 is 7.81. The van der Waals surface area contributed by atoms with Crippen LogP contribution >= 0.6 is 23.4 Å². The Morgan fingerprint density at radius 1 is 1.00 bits per heavy atom. The van der Waals surface area contributed by atoms with Crippen LogP contribution < -0.4 is 5.32 Å². The monoisotopic (exact) mass is 448 g/mol. The molecule has 0 bridgehead atoms. The minimum atomic E-state index is -0.0306. The topological polar surface area (TPSA) is 34.0 Å². The van der Waals surface area contributed by atoms with Crippen LogP contribution in [0.5, 0.6) is 0 Å². The average molecular weight is 449 g/mol. The van der Waals surface area contributed by atoms with Crippen molar-refractivity contribution in [1.82, 2.24) is 9.88 Å². The second kappa shape index (κ2) is 9.63. The van der Waals surface area contributed by atoms with Gasteiger partial charge in [0.2, 0.25) is 0 Å². The van der Waals surface area contributed by atoms with Crippen LogP contribution in [-0.4, -0.2) is 17.0 Å². The van der Waals surface area contributed by atoms with E-state index >= 15 is 0 Å². The number of carbonyl (C=O) groups excluding carboxylic acids is 1. The summed E-state index contributed by atoms with van der Waals surface area (Å²) in [6.45, 7) is 5.38. The molecular weight excluding hydrogens is 424 g/mol. The number of halogens is 1. The maximum absolute atomic E-state index is 12.5. The van der Waals surface area contributed by atoms with Crippen LogP contribution in [0.15, 0.2) is 77.8 Å². The Hall–Kier alpha value is -2.69. The lowest BCUT2D eigenvalue weighted by Crippen LogP contribution is -2.27. The van der Waals surface area contributed by atoms with Gasteiger partial charge in [-0.25, -0.2) is 0 Å². The van der Waals surface area contributed by atoms with E-state index in [0.29, 0.717) is 12.1 Å². The molecule has 0 fully saturated rings. The van der Waals surface area contributed by atoms with Gasteiger partial charge in [-0.3, -0.25) is 4.79 Å². The Kier molecular flexibility index (Phi) is 6.69. The van der Waals surface area contributed by atoms with Gasteiger partial charge in [-0.2, -0.15) is 0 Å². The number of benzene rings is 3. The zero-order valence-corrected chi connectivity index (χ0v) is 19.3. The SMILES string of the molecule is Cc1ccc(C(=O)NCCn2cc(SCc3ccc(Cl)cc3)c3ccccc32)cc1C. The molecule has 0 saturated heterocycles. The van der Waals surface area contributed by atoms with Crippen LogP contribution in [-0.2, 0) is 12.3 Å². The summed E-state index contributed by atoms with van der Waals surface area (Å²) in [4.78, 5) is 13.8.